The lowest BCUT2D eigenvalue weighted by molar-refractivity contribution is -0.146. The number of anilines is 1. The predicted molar refractivity (Wildman–Crippen MR) is 177 cm³/mol. The number of esters is 2. The zero-order chi connectivity index (χ0) is 35.4. The standard InChI is InChI=1S/C31H52N7O9P/c1-9-44-28(40)21(13-17(3)4)36-48(43,37-22(14-18(5)6)29(41)45-10-2)46-15-23-25(39)31(8,42)30(47-23)38-16-32-24-26(35-20-11-12-20)33-19(7)34-27(24)38/h16-18,20-23,25,30,39,42H,9-15H2,1-8H3,(H,33,34,35)(H2,36,37,43)/t21-,22-,23+,25-,30+,31?/m0/s1. The molecule has 16 nitrogen and oxygen atoms in total. The molecule has 1 saturated carbocycles. The summed E-state index contributed by atoms with van der Waals surface area (Å²) in [6, 6.07) is -1.78. The normalized spacial score (nSPS) is 24.3. The van der Waals surface area contributed by atoms with E-state index in [1.165, 1.54) is 17.8 Å². The molecule has 2 aromatic rings. The second kappa shape index (κ2) is 15.9. The zero-order valence-corrected chi connectivity index (χ0v) is 30.0. The van der Waals surface area contributed by atoms with E-state index in [1.807, 2.05) is 27.7 Å². The molecular formula is C31H52N7O9P. The summed E-state index contributed by atoms with van der Waals surface area (Å²) in [5.74, 6) is -0.194. The van der Waals surface area contributed by atoms with Crippen molar-refractivity contribution in [2.75, 3.05) is 25.1 Å². The molecule has 0 aromatic carbocycles. The van der Waals surface area contributed by atoms with Crippen molar-refractivity contribution in [3.63, 3.8) is 0 Å². The Hall–Kier alpha value is -2.72. The minimum atomic E-state index is -4.28. The van der Waals surface area contributed by atoms with Crippen LogP contribution in [0.5, 0.6) is 0 Å². The molecular weight excluding hydrogens is 645 g/mol. The second-order valence-corrected chi connectivity index (χ2v) is 15.4. The van der Waals surface area contributed by atoms with Crippen molar-refractivity contribution in [3.05, 3.63) is 12.2 Å². The quantitative estimate of drug-likeness (QED) is 0.112. The van der Waals surface area contributed by atoms with Crippen LogP contribution >= 0.6 is 7.67 Å². The van der Waals surface area contributed by atoms with Crippen LogP contribution in [0.4, 0.5) is 5.82 Å². The molecule has 17 heteroatoms. The molecule has 3 heterocycles. The Morgan fingerprint density at radius 1 is 1.06 bits per heavy atom. The van der Waals surface area contributed by atoms with E-state index in [4.69, 9.17) is 18.7 Å². The molecule has 6 atom stereocenters. The highest BCUT2D eigenvalue weighted by Crippen LogP contribution is 2.45. The van der Waals surface area contributed by atoms with Crippen LogP contribution in [0.3, 0.4) is 0 Å². The summed E-state index contributed by atoms with van der Waals surface area (Å²) >= 11 is 0. The first-order valence-corrected chi connectivity index (χ1v) is 18.4. The topological polar surface area (TPSA) is 208 Å². The number of ether oxygens (including phenoxy) is 3. The lowest BCUT2D eigenvalue weighted by Crippen LogP contribution is -2.47. The number of aryl methyl sites for hydroxylation is 1. The first kappa shape index (κ1) is 38.1. The van der Waals surface area contributed by atoms with Gasteiger partial charge in [-0.25, -0.2) is 25.1 Å². The SMILES string of the molecule is CCOC(=O)[C@H](CC(C)C)NP(=O)(N[C@@H](CC(C)C)C(=O)OCC)OC[C@H]1O[C@@H](n2cnc3c(NC4CC4)nc(C)nc32)C(C)(O)[C@H]1O. The highest BCUT2D eigenvalue weighted by Gasteiger charge is 2.54. The second-order valence-electron chi connectivity index (χ2n) is 13.5. The number of fused-ring (bicyclic) bond motifs is 1. The van der Waals surface area contributed by atoms with Crippen LogP contribution in [-0.4, -0.2) is 97.4 Å². The number of hydrogen-bond acceptors (Lipinski definition) is 13. The Balaban J connectivity index is 1.61. The van der Waals surface area contributed by atoms with E-state index in [2.05, 4.69) is 30.4 Å². The molecule has 0 spiro atoms. The predicted octanol–water partition coefficient (Wildman–Crippen LogP) is 2.98. The average molecular weight is 698 g/mol. The van der Waals surface area contributed by atoms with E-state index in [0.29, 0.717) is 28.8 Å². The fourth-order valence-corrected chi connectivity index (χ4v) is 7.45. The molecule has 1 unspecified atom stereocenters. The van der Waals surface area contributed by atoms with E-state index >= 15 is 0 Å². The Kier molecular flexibility index (Phi) is 12.6. The van der Waals surface area contributed by atoms with Gasteiger partial charge in [-0.15, -0.1) is 0 Å². The highest BCUT2D eigenvalue weighted by molar-refractivity contribution is 7.54. The van der Waals surface area contributed by atoms with Gasteiger partial charge >= 0.3 is 19.6 Å². The summed E-state index contributed by atoms with van der Waals surface area (Å²) in [6.45, 7) is 13.8. The summed E-state index contributed by atoms with van der Waals surface area (Å²) in [7, 11) is -4.28. The van der Waals surface area contributed by atoms with Gasteiger partial charge < -0.3 is 34.3 Å². The molecule has 48 heavy (non-hydrogen) atoms. The van der Waals surface area contributed by atoms with Crippen molar-refractivity contribution in [1.82, 2.24) is 29.7 Å². The van der Waals surface area contributed by atoms with Crippen LogP contribution in [0, 0.1) is 18.8 Å². The summed E-state index contributed by atoms with van der Waals surface area (Å²) < 4.78 is 38.7. The molecule has 2 aromatic heterocycles. The van der Waals surface area contributed by atoms with Crippen molar-refractivity contribution >= 4 is 36.6 Å². The third kappa shape index (κ3) is 9.29. The molecule has 0 bridgehead atoms. The molecule has 270 valence electrons. The molecule has 5 N–H and O–H groups in total. The van der Waals surface area contributed by atoms with Gasteiger partial charge in [0.15, 0.2) is 23.2 Å². The molecule has 2 aliphatic rings. The summed E-state index contributed by atoms with van der Waals surface area (Å²) in [5, 5.41) is 31.8. The molecule has 2 fully saturated rings. The molecule has 0 radical (unpaired) electrons. The smallest absolute Gasteiger partial charge is 0.342 e. The van der Waals surface area contributed by atoms with E-state index in [-0.39, 0.29) is 37.9 Å². The van der Waals surface area contributed by atoms with Gasteiger partial charge in [0.2, 0.25) is 0 Å². The van der Waals surface area contributed by atoms with Crippen molar-refractivity contribution in [3.8, 4) is 0 Å². The van der Waals surface area contributed by atoms with Gasteiger partial charge in [0.05, 0.1) is 26.1 Å². The number of rotatable bonds is 18. The number of imidazole rings is 1. The summed E-state index contributed by atoms with van der Waals surface area (Å²) in [4.78, 5) is 39.4. The van der Waals surface area contributed by atoms with Crippen LogP contribution in [0.15, 0.2) is 6.33 Å². The maximum atomic E-state index is 14.6. The first-order valence-electron chi connectivity index (χ1n) is 16.7. The van der Waals surface area contributed by atoms with Gasteiger partial charge in [-0.2, -0.15) is 0 Å². The van der Waals surface area contributed by atoms with Gasteiger partial charge in [0, 0.05) is 6.04 Å². The van der Waals surface area contributed by atoms with Crippen LogP contribution in [0.2, 0.25) is 0 Å². The van der Waals surface area contributed by atoms with Crippen LogP contribution in [0.1, 0.15) is 86.2 Å². The average Bonchev–Trinajstić information content (AvgIpc) is 3.66. The largest absolute Gasteiger partial charge is 0.465 e. The molecule has 1 saturated heterocycles. The molecule has 1 aliphatic carbocycles. The van der Waals surface area contributed by atoms with Crippen molar-refractivity contribution in [2.24, 2.45) is 11.8 Å². The first-order chi connectivity index (χ1) is 22.6. The number of nitrogens with one attached hydrogen (secondary N) is 3. The van der Waals surface area contributed by atoms with Crippen molar-refractivity contribution in [1.29, 1.82) is 0 Å². The fraction of sp³-hybridized carbons (Fsp3) is 0.774. The minimum Gasteiger partial charge on any atom is -0.465 e. The number of carbonyl (C=O) groups excluding carboxylic acids is 2. The van der Waals surface area contributed by atoms with Crippen LogP contribution in [-0.2, 0) is 32.9 Å². The Bertz CT molecular complexity index is 1430. The number of aromatic nitrogens is 4. The van der Waals surface area contributed by atoms with Gasteiger partial charge in [-0.05, 0) is 65.2 Å². The maximum Gasteiger partial charge on any atom is 0.342 e. The third-order valence-corrected chi connectivity index (χ3v) is 9.90. The Labute approximate surface area is 281 Å². The van der Waals surface area contributed by atoms with Crippen molar-refractivity contribution in [2.45, 2.75) is 123 Å². The van der Waals surface area contributed by atoms with Crippen LogP contribution in [0.25, 0.3) is 11.2 Å². The van der Waals surface area contributed by atoms with Gasteiger partial charge in [-0.1, -0.05) is 27.7 Å². The maximum absolute atomic E-state index is 14.6. The molecule has 0 amide bonds. The van der Waals surface area contributed by atoms with E-state index in [9.17, 15) is 24.4 Å². The van der Waals surface area contributed by atoms with Gasteiger partial charge in [0.1, 0.15) is 35.7 Å². The van der Waals surface area contributed by atoms with Gasteiger partial charge in [0.25, 0.3) is 0 Å². The summed E-state index contributed by atoms with van der Waals surface area (Å²) in [6.07, 6.45) is 0.188. The lowest BCUT2D eigenvalue weighted by Gasteiger charge is -2.30. The van der Waals surface area contributed by atoms with Crippen molar-refractivity contribution < 1.29 is 43.1 Å². The summed E-state index contributed by atoms with van der Waals surface area (Å²) in [5.41, 5.74) is -0.967. The number of aliphatic hydroxyl groups is 2. The fourth-order valence-electron chi connectivity index (χ4n) is 5.63. The monoisotopic (exact) mass is 697 g/mol. The van der Waals surface area contributed by atoms with Gasteiger partial charge in [-0.3, -0.25) is 18.7 Å². The molecule has 1 aliphatic heterocycles. The lowest BCUT2D eigenvalue weighted by atomic mass is 9.96. The third-order valence-electron chi connectivity index (χ3n) is 8.09. The van der Waals surface area contributed by atoms with E-state index < -0.39 is 62.3 Å². The number of carbonyl (C=O) groups is 2. The Morgan fingerprint density at radius 3 is 2.12 bits per heavy atom. The zero-order valence-electron chi connectivity index (χ0n) is 29.1. The number of aliphatic hydroxyl groups excluding tert-OH is 1. The number of hydrogen-bond donors (Lipinski definition) is 5. The molecule has 4 rings (SSSR count). The van der Waals surface area contributed by atoms with Crippen LogP contribution < -0.4 is 15.5 Å². The highest BCUT2D eigenvalue weighted by atomic mass is 31.2. The van der Waals surface area contributed by atoms with E-state index in [0.717, 1.165) is 12.8 Å². The minimum absolute atomic E-state index is 0.00477. The van der Waals surface area contributed by atoms with E-state index in [1.54, 1.807) is 20.8 Å². The Morgan fingerprint density at radius 2 is 1.62 bits per heavy atom. The number of nitrogens with zero attached hydrogens (tertiary/aromatic N) is 4.